The molecule has 2 aromatic carbocycles. The molecule has 0 N–H and O–H groups in total. The molecule has 0 nitrogen and oxygen atoms in total. The minimum Gasteiger partial charge on any atom is -0.103 e. The fourth-order valence-corrected chi connectivity index (χ4v) is 4.75. The fraction of sp³-hybridized carbons (Fsp3) is 0.407. The van der Waals surface area contributed by atoms with Gasteiger partial charge in [-0.3, -0.25) is 0 Å². The Balaban J connectivity index is 2.17. The molecule has 2 aromatic rings. The summed E-state index contributed by atoms with van der Waals surface area (Å²) in [6, 6.07) is 14.0. The summed E-state index contributed by atoms with van der Waals surface area (Å²) in [4.78, 5) is 0. The molecule has 0 atom stereocenters. The number of aryl methyl sites for hydroxylation is 2. The summed E-state index contributed by atoms with van der Waals surface area (Å²) in [6.07, 6.45) is 10.2. The first-order valence-corrected chi connectivity index (χ1v) is 10.6. The van der Waals surface area contributed by atoms with Gasteiger partial charge in [-0.2, -0.15) is 0 Å². The van der Waals surface area contributed by atoms with Gasteiger partial charge >= 0.3 is 0 Å². The second-order valence-electron chi connectivity index (χ2n) is 8.24. The minimum atomic E-state index is -0.0287. The van der Waals surface area contributed by atoms with Gasteiger partial charge in [0, 0.05) is 5.41 Å². The maximum absolute atomic E-state index is 4.68. The Morgan fingerprint density at radius 2 is 1.52 bits per heavy atom. The standard InChI is InChI=1S/C27H34/c1-6-8-10-11-17-27(22(5)12-9-7-2)25-18-20(3)13-15-23(25)24-16-14-21(4)19-26(24)27/h6,13-16,18-19H,1,5,7-12,17H2,2-4H3. The van der Waals surface area contributed by atoms with Gasteiger partial charge in [0.25, 0.3) is 0 Å². The SMILES string of the molecule is C=CCCCCC1(C(=C)CCCC)c2cc(C)ccc2-c2ccc(C)cc21. The average Bonchev–Trinajstić information content (AvgIpc) is 2.92. The van der Waals surface area contributed by atoms with E-state index in [4.69, 9.17) is 0 Å². The van der Waals surface area contributed by atoms with E-state index in [-0.39, 0.29) is 5.41 Å². The zero-order chi connectivity index (χ0) is 19.4. The summed E-state index contributed by atoms with van der Waals surface area (Å²) in [5.74, 6) is 0. The normalized spacial score (nSPS) is 13.9. The number of fused-ring (bicyclic) bond motifs is 3. The van der Waals surface area contributed by atoms with Crippen molar-refractivity contribution >= 4 is 0 Å². The molecule has 0 bridgehead atoms. The van der Waals surface area contributed by atoms with Crippen LogP contribution in [0.15, 0.2) is 61.2 Å². The van der Waals surface area contributed by atoms with E-state index in [0.717, 1.165) is 19.3 Å². The molecule has 0 saturated carbocycles. The Labute approximate surface area is 166 Å². The Morgan fingerprint density at radius 1 is 0.926 bits per heavy atom. The number of hydrogen-bond acceptors (Lipinski definition) is 0. The van der Waals surface area contributed by atoms with Gasteiger partial charge < -0.3 is 0 Å². The molecule has 27 heavy (non-hydrogen) atoms. The van der Waals surface area contributed by atoms with Gasteiger partial charge in [0.2, 0.25) is 0 Å². The van der Waals surface area contributed by atoms with Gasteiger partial charge in [-0.05, 0) is 68.2 Å². The second kappa shape index (κ2) is 8.30. The van der Waals surface area contributed by atoms with E-state index in [0.29, 0.717) is 0 Å². The number of rotatable bonds is 9. The fourth-order valence-electron chi connectivity index (χ4n) is 4.75. The van der Waals surface area contributed by atoms with Crippen LogP contribution in [-0.2, 0) is 5.41 Å². The van der Waals surface area contributed by atoms with E-state index in [2.05, 4.69) is 70.3 Å². The van der Waals surface area contributed by atoms with Gasteiger partial charge in [0.1, 0.15) is 0 Å². The minimum absolute atomic E-state index is 0.0287. The van der Waals surface area contributed by atoms with Crippen molar-refractivity contribution < 1.29 is 0 Å². The largest absolute Gasteiger partial charge is 0.103 e. The van der Waals surface area contributed by atoms with Crippen molar-refractivity contribution in [2.45, 2.75) is 71.1 Å². The highest BCUT2D eigenvalue weighted by Crippen LogP contribution is 2.56. The predicted molar refractivity (Wildman–Crippen MR) is 119 cm³/mol. The quantitative estimate of drug-likeness (QED) is 0.314. The lowest BCUT2D eigenvalue weighted by molar-refractivity contribution is 0.501. The zero-order valence-electron chi connectivity index (χ0n) is 17.4. The Hall–Kier alpha value is -2.08. The lowest BCUT2D eigenvalue weighted by atomic mass is 9.67. The van der Waals surface area contributed by atoms with E-state index in [9.17, 15) is 0 Å². The molecular weight excluding hydrogens is 324 g/mol. The van der Waals surface area contributed by atoms with Crippen molar-refractivity contribution in [2.75, 3.05) is 0 Å². The highest BCUT2D eigenvalue weighted by molar-refractivity contribution is 5.83. The van der Waals surface area contributed by atoms with E-state index in [1.165, 1.54) is 64.6 Å². The van der Waals surface area contributed by atoms with Crippen molar-refractivity contribution in [3.63, 3.8) is 0 Å². The van der Waals surface area contributed by atoms with Crippen LogP contribution in [0, 0.1) is 13.8 Å². The Kier molecular flexibility index (Phi) is 6.05. The third-order valence-corrected chi connectivity index (χ3v) is 6.21. The van der Waals surface area contributed by atoms with Gasteiger partial charge in [-0.25, -0.2) is 0 Å². The third kappa shape index (κ3) is 3.55. The molecule has 1 aliphatic rings. The highest BCUT2D eigenvalue weighted by atomic mass is 14.5. The van der Waals surface area contributed by atoms with Crippen LogP contribution >= 0.6 is 0 Å². The van der Waals surface area contributed by atoms with Crippen LogP contribution in [0.25, 0.3) is 11.1 Å². The van der Waals surface area contributed by atoms with Crippen LogP contribution in [0.1, 0.15) is 74.1 Å². The molecule has 0 unspecified atom stereocenters. The molecule has 0 spiro atoms. The number of hydrogen-bond donors (Lipinski definition) is 0. The highest BCUT2D eigenvalue weighted by Gasteiger charge is 2.44. The lowest BCUT2D eigenvalue weighted by Gasteiger charge is -2.35. The monoisotopic (exact) mass is 358 g/mol. The van der Waals surface area contributed by atoms with Crippen molar-refractivity contribution in [1.82, 2.24) is 0 Å². The smallest absolute Gasteiger partial charge is 0.0421 e. The van der Waals surface area contributed by atoms with Gasteiger partial charge in [0.15, 0.2) is 0 Å². The number of benzene rings is 2. The molecule has 0 amide bonds. The first-order valence-electron chi connectivity index (χ1n) is 10.6. The summed E-state index contributed by atoms with van der Waals surface area (Å²) in [7, 11) is 0. The summed E-state index contributed by atoms with van der Waals surface area (Å²) in [5.41, 5.74) is 9.87. The van der Waals surface area contributed by atoms with Crippen LogP contribution in [0.5, 0.6) is 0 Å². The van der Waals surface area contributed by atoms with Gasteiger partial charge in [-0.1, -0.05) is 85.5 Å². The molecule has 142 valence electrons. The maximum atomic E-state index is 4.68. The van der Waals surface area contributed by atoms with Gasteiger partial charge in [0.05, 0.1) is 0 Å². The average molecular weight is 359 g/mol. The van der Waals surface area contributed by atoms with Crippen molar-refractivity contribution in [3.8, 4) is 11.1 Å². The molecule has 0 aliphatic heterocycles. The Morgan fingerprint density at radius 3 is 2.04 bits per heavy atom. The van der Waals surface area contributed by atoms with E-state index >= 15 is 0 Å². The first kappa shape index (κ1) is 19.7. The molecule has 0 radical (unpaired) electrons. The predicted octanol–water partition coefficient (Wildman–Crippen LogP) is 8.06. The van der Waals surface area contributed by atoms with Crippen LogP contribution in [0.4, 0.5) is 0 Å². The van der Waals surface area contributed by atoms with E-state index in [1.54, 1.807) is 0 Å². The molecule has 0 aromatic heterocycles. The molecule has 0 saturated heterocycles. The topological polar surface area (TPSA) is 0 Å². The first-order chi connectivity index (χ1) is 13.0. The molecule has 1 aliphatic carbocycles. The number of allylic oxidation sites excluding steroid dienone is 2. The summed E-state index contributed by atoms with van der Waals surface area (Å²) >= 11 is 0. The van der Waals surface area contributed by atoms with Crippen LogP contribution in [0.2, 0.25) is 0 Å². The lowest BCUT2D eigenvalue weighted by Crippen LogP contribution is -2.28. The molecular formula is C27H34. The van der Waals surface area contributed by atoms with E-state index < -0.39 is 0 Å². The van der Waals surface area contributed by atoms with Crippen molar-refractivity contribution in [2.24, 2.45) is 0 Å². The summed E-state index contributed by atoms with van der Waals surface area (Å²) in [6.45, 7) is 15.3. The zero-order valence-corrected chi connectivity index (χ0v) is 17.4. The molecule has 0 heterocycles. The van der Waals surface area contributed by atoms with Crippen molar-refractivity contribution in [1.29, 1.82) is 0 Å². The summed E-state index contributed by atoms with van der Waals surface area (Å²) in [5, 5.41) is 0. The van der Waals surface area contributed by atoms with Crippen LogP contribution < -0.4 is 0 Å². The van der Waals surface area contributed by atoms with Crippen LogP contribution in [-0.4, -0.2) is 0 Å². The Bertz CT molecular complexity index is 786. The number of unbranched alkanes of at least 4 members (excludes halogenated alkanes) is 3. The van der Waals surface area contributed by atoms with E-state index in [1.807, 2.05) is 6.08 Å². The molecule has 3 rings (SSSR count). The maximum Gasteiger partial charge on any atom is 0.0421 e. The molecule has 0 fully saturated rings. The van der Waals surface area contributed by atoms with Crippen LogP contribution in [0.3, 0.4) is 0 Å². The van der Waals surface area contributed by atoms with Crippen molar-refractivity contribution in [3.05, 3.63) is 83.5 Å². The summed E-state index contributed by atoms with van der Waals surface area (Å²) < 4.78 is 0. The van der Waals surface area contributed by atoms with Gasteiger partial charge in [-0.15, -0.1) is 6.58 Å². The molecule has 0 heteroatoms. The third-order valence-electron chi connectivity index (χ3n) is 6.21. The second-order valence-corrected chi connectivity index (χ2v) is 8.24.